The molecule has 1 aromatic rings. The van der Waals surface area contributed by atoms with E-state index in [4.69, 9.17) is 0 Å². The number of piperazine rings is 1. The van der Waals surface area contributed by atoms with Crippen LogP contribution in [0.5, 0.6) is 0 Å². The second-order valence-corrected chi connectivity index (χ2v) is 11.5. The fourth-order valence-electron chi connectivity index (χ4n) is 4.04. The predicted octanol–water partition coefficient (Wildman–Crippen LogP) is 2.81. The van der Waals surface area contributed by atoms with E-state index in [1.165, 1.54) is 16.4 Å². The molecule has 30 heavy (non-hydrogen) atoms. The third-order valence-electron chi connectivity index (χ3n) is 6.12. The Morgan fingerprint density at radius 2 is 1.57 bits per heavy atom. The van der Waals surface area contributed by atoms with E-state index in [-0.39, 0.29) is 16.7 Å². The van der Waals surface area contributed by atoms with Crippen LogP contribution in [-0.4, -0.2) is 74.2 Å². The highest BCUT2D eigenvalue weighted by Crippen LogP contribution is 2.26. The Balaban J connectivity index is 1.48. The van der Waals surface area contributed by atoms with Crippen LogP contribution >= 0.6 is 0 Å². The lowest BCUT2D eigenvalue weighted by atomic mass is 9.92. The van der Waals surface area contributed by atoms with Crippen molar-refractivity contribution in [1.29, 1.82) is 0 Å². The molecule has 1 aromatic carbocycles. The van der Waals surface area contributed by atoms with E-state index < -0.39 is 15.8 Å². The molecule has 168 valence electrons. The maximum atomic E-state index is 13.1. The molecule has 0 spiro atoms. The molecule has 2 fully saturated rings. The van der Waals surface area contributed by atoms with E-state index in [1.54, 1.807) is 0 Å². The molecule has 2 aliphatic heterocycles. The second-order valence-electron chi connectivity index (χ2n) is 9.61. The molecule has 2 heterocycles. The van der Waals surface area contributed by atoms with Crippen LogP contribution in [0.3, 0.4) is 0 Å². The van der Waals surface area contributed by atoms with E-state index in [9.17, 15) is 17.6 Å². The zero-order valence-corrected chi connectivity index (χ0v) is 19.1. The lowest BCUT2D eigenvalue weighted by Crippen LogP contribution is -2.52. The highest BCUT2D eigenvalue weighted by molar-refractivity contribution is 7.89. The van der Waals surface area contributed by atoms with E-state index in [1.807, 2.05) is 4.90 Å². The van der Waals surface area contributed by atoms with Crippen molar-refractivity contribution in [3.8, 4) is 0 Å². The van der Waals surface area contributed by atoms with Gasteiger partial charge in [-0.1, -0.05) is 20.8 Å². The van der Waals surface area contributed by atoms with Crippen LogP contribution in [0.2, 0.25) is 0 Å². The van der Waals surface area contributed by atoms with Crippen LogP contribution in [0.15, 0.2) is 29.2 Å². The van der Waals surface area contributed by atoms with E-state index >= 15 is 0 Å². The van der Waals surface area contributed by atoms with E-state index in [2.05, 4.69) is 25.7 Å². The van der Waals surface area contributed by atoms with Crippen LogP contribution in [0, 0.1) is 17.2 Å². The van der Waals surface area contributed by atoms with Crippen LogP contribution in [-0.2, 0) is 14.8 Å². The zero-order chi connectivity index (χ0) is 21.9. The molecule has 2 saturated heterocycles. The van der Waals surface area contributed by atoms with Gasteiger partial charge in [0.2, 0.25) is 15.9 Å². The van der Waals surface area contributed by atoms with Gasteiger partial charge in [-0.2, -0.15) is 4.31 Å². The molecular weight excluding hydrogens is 405 g/mol. The summed E-state index contributed by atoms with van der Waals surface area (Å²) >= 11 is 0. The third kappa shape index (κ3) is 5.80. The molecule has 6 nitrogen and oxygen atoms in total. The first kappa shape index (κ1) is 23.2. The first-order valence-electron chi connectivity index (χ1n) is 10.8. The molecule has 0 saturated carbocycles. The topological polar surface area (TPSA) is 60.9 Å². The van der Waals surface area contributed by atoms with Gasteiger partial charge in [0, 0.05) is 45.2 Å². The average molecular weight is 440 g/mol. The van der Waals surface area contributed by atoms with Crippen LogP contribution in [0.1, 0.15) is 40.0 Å². The van der Waals surface area contributed by atoms with Gasteiger partial charge in [0.15, 0.2) is 0 Å². The molecular formula is C22H34FN3O3S. The van der Waals surface area contributed by atoms with Crippen molar-refractivity contribution in [3.05, 3.63) is 30.1 Å². The van der Waals surface area contributed by atoms with Gasteiger partial charge in [0.05, 0.1) is 4.90 Å². The lowest BCUT2D eigenvalue weighted by molar-refractivity contribution is -0.138. The number of amides is 1. The Hall–Kier alpha value is -1.51. The van der Waals surface area contributed by atoms with Crippen molar-refractivity contribution in [2.24, 2.45) is 11.3 Å². The van der Waals surface area contributed by atoms with Crippen molar-refractivity contribution < 1.29 is 17.6 Å². The minimum atomic E-state index is -3.64. The number of sulfonamides is 1. The lowest BCUT2D eigenvalue weighted by Gasteiger charge is -2.39. The number of carbonyl (C=O) groups excluding carboxylic acids is 1. The number of halogens is 1. The van der Waals surface area contributed by atoms with Crippen LogP contribution in [0.4, 0.5) is 4.39 Å². The summed E-state index contributed by atoms with van der Waals surface area (Å²) in [5.41, 5.74) is 0.315. The Bertz CT molecular complexity index is 820. The fraction of sp³-hybridized carbons (Fsp3) is 0.682. The number of piperidine rings is 1. The number of hydrogen-bond donors (Lipinski definition) is 0. The Morgan fingerprint density at radius 3 is 2.10 bits per heavy atom. The minimum Gasteiger partial charge on any atom is -0.340 e. The van der Waals surface area contributed by atoms with Crippen molar-refractivity contribution in [2.45, 2.75) is 44.9 Å². The van der Waals surface area contributed by atoms with Gasteiger partial charge in [0.1, 0.15) is 5.82 Å². The minimum absolute atomic E-state index is 0.0973. The van der Waals surface area contributed by atoms with Gasteiger partial charge < -0.3 is 4.90 Å². The Labute approximate surface area is 180 Å². The quantitative estimate of drug-likeness (QED) is 0.708. The van der Waals surface area contributed by atoms with Crippen LogP contribution in [0.25, 0.3) is 0 Å². The molecule has 0 aromatic heterocycles. The fourth-order valence-corrected chi connectivity index (χ4v) is 5.51. The standard InChI is InChI=1S/C22H34FN3O3S/c1-22(2,3)10-13-24-14-16-25(17-15-24)21(27)18-8-11-26(12-9-18)30(28,29)20-6-4-19(23)5-7-20/h4-7,18H,8-17H2,1-3H3. The average Bonchev–Trinajstić information content (AvgIpc) is 2.72. The van der Waals surface area contributed by atoms with Gasteiger partial charge in [-0.05, 0) is 55.5 Å². The summed E-state index contributed by atoms with van der Waals surface area (Å²) in [6.45, 7) is 11.7. The van der Waals surface area contributed by atoms with Crippen LogP contribution < -0.4 is 0 Å². The van der Waals surface area contributed by atoms with E-state index in [0.717, 1.165) is 51.3 Å². The molecule has 0 radical (unpaired) electrons. The number of carbonyl (C=O) groups is 1. The molecule has 0 unspecified atom stereocenters. The number of nitrogens with zero attached hydrogens (tertiary/aromatic N) is 3. The Morgan fingerprint density at radius 1 is 1.00 bits per heavy atom. The summed E-state index contributed by atoms with van der Waals surface area (Å²) in [5, 5.41) is 0. The Kier molecular flexibility index (Phi) is 7.20. The molecule has 0 aliphatic carbocycles. The molecule has 0 atom stereocenters. The molecule has 3 rings (SSSR count). The first-order valence-corrected chi connectivity index (χ1v) is 12.3. The summed E-state index contributed by atoms with van der Waals surface area (Å²) in [6, 6.07) is 4.90. The van der Waals surface area contributed by atoms with Crippen molar-refractivity contribution >= 4 is 15.9 Å². The summed E-state index contributed by atoms with van der Waals surface area (Å²) in [7, 11) is -3.64. The highest BCUT2D eigenvalue weighted by Gasteiger charge is 2.34. The molecule has 8 heteroatoms. The van der Waals surface area contributed by atoms with Crippen molar-refractivity contribution in [2.75, 3.05) is 45.8 Å². The van der Waals surface area contributed by atoms with Gasteiger partial charge in [-0.3, -0.25) is 9.69 Å². The molecule has 1 amide bonds. The summed E-state index contributed by atoms with van der Waals surface area (Å²) < 4.78 is 40.0. The molecule has 2 aliphatic rings. The zero-order valence-electron chi connectivity index (χ0n) is 18.3. The van der Waals surface area contributed by atoms with Gasteiger partial charge >= 0.3 is 0 Å². The van der Waals surface area contributed by atoms with Gasteiger partial charge in [-0.15, -0.1) is 0 Å². The van der Waals surface area contributed by atoms with Crippen molar-refractivity contribution in [3.63, 3.8) is 0 Å². The second kappa shape index (κ2) is 9.32. The number of hydrogen-bond acceptors (Lipinski definition) is 4. The van der Waals surface area contributed by atoms with Gasteiger partial charge in [0.25, 0.3) is 0 Å². The van der Waals surface area contributed by atoms with Gasteiger partial charge in [-0.25, -0.2) is 12.8 Å². The first-order chi connectivity index (χ1) is 14.1. The number of rotatable bonds is 5. The summed E-state index contributed by atoms with van der Waals surface area (Å²) in [5.74, 6) is -0.424. The molecule has 0 N–H and O–H groups in total. The largest absolute Gasteiger partial charge is 0.340 e. The smallest absolute Gasteiger partial charge is 0.243 e. The predicted molar refractivity (Wildman–Crippen MR) is 115 cm³/mol. The molecule has 0 bridgehead atoms. The number of benzene rings is 1. The SMILES string of the molecule is CC(C)(C)CCN1CCN(C(=O)C2CCN(S(=O)(=O)c3ccc(F)cc3)CC2)CC1. The monoisotopic (exact) mass is 439 g/mol. The maximum absolute atomic E-state index is 13.1. The normalized spacial score (nSPS) is 20.5. The maximum Gasteiger partial charge on any atom is 0.243 e. The van der Waals surface area contributed by atoms with E-state index in [0.29, 0.717) is 31.3 Å². The third-order valence-corrected chi connectivity index (χ3v) is 8.03. The summed E-state index contributed by atoms with van der Waals surface area (Å²) in [6.07, 6.45) is 2.20. The summed E-state index contributed by atoms with van der Waals surface area (Å²) in [4.78, 5) is 17.4. The van der Waals surface area contributed by atoms with Crippen molar-refractivity contribution in [1.82, 2.24) is 14.1 Å². The highest BCUT2D eigenvalue weighted by atomic mass is 32.2.